The quantitative estimate of drug-likeness (QED) is 0.753. The third-order valence-electron chi connectivity index (χ3n) is 2.42. The van der Waals surface area contributed by atoms with E-state index in [0.717, 1.165) is 22.7 Å². The molecule has 3 heteroatoms. The van der Waals surface area contributed by atoms with Gasteiger partial charge >= 0.3 is 0 Å². The topological polar surface area (TPSA) is 34.5 Å². The Hall–Kier alpha value is -2.16. The first-order valence-corrected chi connectivity index (χ1v) is 5.40. The van der Waals surface area contributed by atoms with Crippen molar-refractivity contribution < 1.29 is 4.74 Å². The van der Waals surface area contributed by atoms with Gasteiger partial charge in [-0.3, -0.25) is 9.98 Å². The first-order chi connectivity index (χ1) is 8.31. The number of aryl methyl sites for hydroxylation is 1. The molecule has 0 N–H and O–H groups in total. The number of hydrogen-bond donors (Lipinski definition) is 0. The number of aliphatic imine (C=N–C) groups is 1. The molecule has 3 nitrogen and oxygen atoms in total. The molecule has 0 amide bonds. The molecule has 0 fully saturated rings. The molecule has 0 saturated heterocycles. The normalized spacial score (nSPS) is 10.7. The number of rotatable bonds is 3. The molecule has 1 aromatic heterocycles. The summed E-state index contributed by atoms with van der Waals surface area (Å²) in [5, 5.41) is 0. The third kappa shape index (κ3) is 2.69. The molecule has 0 atom stereocenters. The molecular formula is C14H14N2O. The van der Waals surface area contributed by atoms with Crippen LogP contribution in [0, 0.1) is 6.92 Å². The molecule has 2 rings (SSSR count). The van der Waals surface area contributed by atoms with Gasteiger partial charge in [0.2, 0.25) is 0 Å². The largest absolute Gasteiger partial charge is 0.494 e. The van der Waals surface area contributed by atoms with Crippen LogP contribution in [0.5, 0.6) is 5.75 Å². The minimum atomic E-state index is 0.805. The van der Waals surface area contributed by atoms with Crippen LogP contribution in [0.1, 0.15) is 11.3 Å². The number of para-hydroxylation sites is 1. The van der Waals surface area contributed by atoms with Crippen molar-refractivity contribution in [3.63, 3.8) is 0 Å². The van der Waals surface area contributed by atoms with Crippen molar-refractivity contribution in [2.75, 3.05) is 7.11 Å². The summed E-state index contributed by atoms with van der Waals surface area (Å²) in [4.78, 5) is 8.58. The Morgan fingerprint density at radius 3 is 2.76 bits per heavy atom. The zero-order chi connectivity index (χ0) is 12.1. The Labute approximate surface area is 101 Å². The van der Waals surface area contributed by atoms with E-state index in [9.17, 15) is 0 Å². The van der Waals surface area contributed by atoms with Crippen molar-refractivity contribution in [3.05, 3.63) is 53.9 Å². The molecule has 0 aliphatic carbocycles. The maximum absolute atomic E-state index is 5.33. The van der Waals surface area contributed by atoms with E-state index in [4.69, 9.17) is 4.74 Å². The Morgan fingerprint density at radius 2 is 2.06 bits per heavy atom. The Morgan fingerprint density at radius 1 is 1.18 bits per heavy atom. The SMILES string of the molecule is COc1c(C)cccc1/N=C/c1ccccn1. The van der Waals surface area contributed by atoms with Crippen molar-refractivity contribution in [3.8, 4) is 5.75 Å². The molecular weight excluding hydrogens is 212 g/mol. The number of nitrogens with zero attached hydrogens (tertiary/aromatic N) is 2. The minimum absolute atomic E-state index is 0.805. The Kier molecular flexibility index (Phi) is 3.50. The fourth-order valence-corrected chi connectivity index (χ4v) is 1.59. The van der Waals surface area contributed by atoms with E-state index in [1.807, 2.05) is 43.3 Å². The highest BCUT2D eigenvalue weighted by molar-refractivity contribution is 5.80. The zero-order valence-corrected chi connectivity index (χ0v) is 9.92. The van der Waals surface area contributed by atoms with Crippen LogP contribution in [-0.4, -0.2) is 18.3 Å². The van der Waals surface area contributed by atoms with Gasteiger partial charge in [0, 0.05) is 6.20 Å². The van der Waals surface area contributed by atoms with Crippen LogP contribution in [0.2, 0.25) is 0 Å². The van der Waals surface area contributed by atoms with E-state index in [-0.39, 0.29) is 0 Å². The molecule has 1 heterocycles. The van der Waals surface area contributed by atoms with E-state index in [2.05, 4.69) is 9.98 Å². The number of pyridine rings is 1. The third-order valence-corrected chi connectivity index (χ3v) is 2.42. The van der Waals surface area contributed by atoms with Gasteiger partial charge in [-0.1, -0.05) is 18.2 Å². The fraction of sp³-hybridized carbons (Fsp3) is 0.143. The van der Waals surface area contributed by atoms with E-state index < -0.39 is 0 Å². The molecule has 0 radical (unpaired) electrons. The van der Waals surface area contributed by atoms with Gasteiger partial charge in [0.25, 0.3) is 0 Å². The van der Waals surface area contributed by atoms with Crippen LogP contribution >= 0.6 is 0 Å². The van der Waals surface area contributed by atoms with Crippen molar-refractivity contribution in [1.29, 1.82) is 0 Å². The van der Waals surface area contributed by atoms with Crippen LogP contribution in [0.4, 0.5) is 5.69 Å². The Balaban J connectivity index is 2.30. The molecule has 0 bridgehead atoms. The number of hydrogen-bond acceptors (Lipinski definition) is 3. The smallest absolute Gasteiger partial charge is 0.147 e. The monoisotopic (exact) mass is 226 g/mol. The summed E-state index contributed by atoms with van der Waals surface area (Å²) < 4.78 is 5.33. The van der Waals surface area contributed by atoms with Crippen molar-refractivity contribution in [2.45, 2.75) is 6.92 Å². The van der Waals surface area contributed by atoms with E-state index in [1.165, 1.54) is 0 Å². The predicted octanol–water partition coefficient (Wildman–Crippen LogP) is 3.15. The summed E-state index contributed by atoms with van der Waals surface area (Å²) >= 11 is 0. The second-order valence-electron chi connectivity index (χ2n) is 3.64. The average Bonchev–Trinajstić information content (AvgIpc) is 2.37. The summed E-state index contributed by atoms with van der Waals surface area (Å²) in [6.45, 7) is 2.00. The lowest BCUT2D eigenvalue weighted by Crippen LogP contribution is -1.88. The van der Waals surface area contributed by atoms with Gasteiger partial charge in [-0.2, -0.15) is 0 Å². The van der Waals surface area contributed by atoms with Crippen molar-refractivity contribution in [2.24, 2.45) is 4.99 Å². The lowest BCUT2D eigenvalue weighted by molar-refractivity contribution is 0.413. The van der Waals surface area contributed by atoms with Gasteiger partial charge in [0.1, 0.15) is 11.4 Å². The molecule has 0 spiro atoms. The van der Waals surface area contributed by atoms with Gasteiger partial charge in [-0.25, -0.2) is 0 Å². The average molecular weight is 226 g/mol. The zero-order valence-electron chi connectivity index (χ0n) is 9.92. The highest BCUT2D eigenvalue weighted by Gasteiger charge is 2.03. The number of aromatic nitrogens is 1. The fourth-order valence-electron chi connectivity index (χ4n) is 1.59. The molecule has 0 saturated carbocycles. The summed E-state index contributed by atoms with van der Waals surface area (Å²) in [5.41, 5.74) is 2.72. The standard InChI is InChI=1S/C14H14N2O/c1-11-6-5-8-13(14(11)17-2)16-10-12-7-3-4-9-15-12/h3-10H,1-2H3/b16-10+. The molecule has 1 aromatic carbocycles. The van der Waals surface area contributed by atoms with Crippen LogP contribution < -0.4 is 4.74 Å². The van der Waals surface area contributed by atoms with Crippen LogP contribution in [-0.2, 0) is 0 Å². The first-order valence-electron chi connectivity index (χ1n) is 5.40. The van der Waals surface area contributed by atoms with E-state index >= 15 is 0 Å². The van der Waals surface area contributed by atoms with E-state index in [0.29, 0.717) is 0 Å². The summed E-state index contributed by atoms with van der Waals surface area (Å²) in [5.74, 6) is 0.805. The summed E-state index contributed by atoms with van der Waals surface area (Å²) in [6, 6.07) is 11.6. The predicted molar refractivity (Wildman–Crippen MR) is 69.2 cm³/mol. The van der Waals surface area contributed by atoms with Gasteiger partial charge in [-0.15, -0.1) is 0 Å². The minimum Gasteiger partial charge on any atom is -0.494 e. The van der Waals surface area contributed by atoms with Crippen molar-refractivity contribution in [1.82, 2.24) is 4.98 Å². The molecule has 86 valence electrons. The number of benzene rings is 1. The highest BCUT2D eigenvalue weighted by Crippen LogP contribution is 2.30. The maximum atomic E-state index is 5.33. The Bertz CT molecular complexity index is 521. The van der Waals surface area contributed by atoms with Gasteiger partial charge in [0.15, 0.2) is 0 Å². The number of methoxy groups -OCH3 is 1. The van der Waals surface area contributed by atoms with E-state index in [1.54, 1.807) is 19.5 Å². The lowest BCUT2D eigenvalue weighted by atomic mass is 10.2. The second kappa shape index (κ2) is 5.25. The van der Waals surface area contributed by atoms with Gasteiger partial charge in [-0.05, 0) is 30.7 Å². The summed E-state index contributed by atoms with van der Waals surface area (Å²) in [6.07, 6.45) is 3.48. The van der Waals surface area contributed by atoms with Gasteiger partial charge < -0.3 is 4.74 Å². The molecule has 17 heavy (non-hydrogen) atoms. The molecule has 0 aliphatic heterocycles. The molecule has 0 unspecified atom stereocenters. The molecule has 2 aromatic rings. The van der Waals surface area contributed by atoms with Crippen LogP contribution in [0.3, 0.4) is 0 Å². The van der Waals surface area contributed by atoms with Gasteiger partial charge in [0.05, 0.1) is 19.0 Å². The van der Waals surface area contributed by atoms with Crippen LogP contribution in [0.15, 0.2) is 47.6 Å². The highest BCUT2D eigenvalue weighted by atomic mass is 16.5. The maximum Gasteiger partial charge on any atom is 0.147 e. The van der Waals surface area contributed by atoms with Crippen molar-refractivity contribution >= 4 is 11.9 Å². The lowest BCUT2D eigenvalue weighted by Gasteiger charge is -2.06. The summed E-state index contributed by atoms with van der Waals surface area (Å²) in [7, 11) is 1.65. The van der Waals surface area contributed by atoms with Crippen LogP contribution in [0.25, 0.3) is 0 Å². The second-order valence-corrected chi connectivity index (χ2v) is 3.64. The molecule has 0 aliphatic rings. The number of ether oxygens (including phenoxy) is 1. The first kappa shape index (κ1) is 11.3.